The first-order chi connectivity index (χ1) is 10.8. The van der Waals surface area contributed by atoms with Gasteiger partial charge in [0.05, 0.1) is 5.41 Å². The highest BCUT2D eigenvalue weighted by atomic mass is 19.4. The first-order valence-corrected chi connectivity index (χ1v) is 8.18. The summed E-state index contributed by atoms with van der Waals surface area (Å²) in [5, 5.41) is 4.68. The largest absolute Gasteiger partial charge is 0.394 e. The Balaban J connectivity index is 1.32. The zero-order chi connectivity index (χ0) is 16.3. The van der Waals surface area contributed by atoms with E-state index < -0.39 is 11.6 Å². The molecule has 0 unspecified atom stereocenters. The van der Waals surface area contributed by atoms with E-state index in [0.29, 0.717) is 25.8 Å². The molecule has 0 amide bonds. The molecule has 0 spiro atoms. The minimum absolute atomic E-state index is 0.0933. The van der Waals surface area contributed by atoms with Gasteiger partial charge >= 0.3 is 6.18 Å². The lowest BCUT2D eigenvalue weighted by molar-refractivity contribution is -0.361. The molecular weight excluding hydrogens is 301 g/mol. The Labute approximate surface area is 133 Å². The van der Waals surface area contributed by atoms with Gasteiger partial charge in [0.25, 0.3) is 0 Å². The summed E-state index contributed by atoms with van der Waals surface area (Å²) in [6.07, 6.45) is -0.152. The van der Waals surface area contributed by atoms with E-state index in [-0.39, 0.29) is 11.5 Å². The van der Waals surface area contributed by atoms with E-state index in [2.05, 4.69) is 29.4 Å². The molecule has 0 radical (unpaired) electrons. The number of para-hydroxylation sites is 1. The average molecular weight is 322 g/mol. The van der Waals surface area contributed by atoms with Gasteiger partial charge in [0.15, 0.2) is 0 Å². The third kappa shape index (κ3) is 2.28. The standard InChI is InChI=1S/C18H21F3N2/c1-12(6-13-7-22-15-5-3-2-4-14(13)15)23-11-16-8-17(9-16,10-16)18(19,20)21/h2-5,7,12,22-23H,6,8-11H2,1H3/t12-,16?,17?/m1/s1. The highest BCUT2D eigenvalue weighted by Crippen LogP contribution is 2.78. The first-order valence-electron chi connectivity index (χ1n) is 8.18. The highest BCUT2D eigenvalue weighted by Gasteiger charge is 2.77. The van der Waals surface area contributed by atoms with Crippen molar-refractivity contribution >= 4 is 10.9 Å². The van der Waals surface area contributed by atoms with Gasteiger partial charge in [-0.2, -0.15) is 13.2 Å². The summed E-state index contributed by atoms with van der Waals surface area (Å²) < 4.78 is 38.6. The van der Waals surface area contributed by atoms with Crippen LogP contribution in [0.15, 0.2) is 30.5 Å². The van der Waals surface area contributed by atoms with E-state index in [1.54, 1.807) is 0 Å². The maximum atomic E-state index is 12.9. The Morgan fingerprint density at radius 1 is 1.22 bits per heavy atom. The van der Waals surface area contributed by atoms with Gasteiger partial charge in [0.1, 0.15) is 0 Å². The zero-order valence-electron chi connectivity index (χ0n) is 13.1. The maximum absolute atomic E-state index is 12.9. The molecule has 0 saturated heterocycles. The molecule has 5 rings (SSSR count). The van der Waals surface area contributed by atoms with E-state index in [1.807, 2.05) is 18.3 Å². The van der Waals surface area contributed by atoms with Gasteiger partial charge in [0, 0.05) is 29.7 Å². The van der Waals surface area contributed by atoms with Gasteiger partial charge in [-0.1, -0.05) is 18.2 Å². The number of halogens is 3. The smallest absolute Gasteiger partial charge is 0.361 e. The Morgan fingerprint density at radius 3 is 2.61 bits per heavy atom. The van der Waals surface area contributed by atoms with E-state index in [9.17, 15) is 13.2 Å². The molecule has 23 heavy (non-hydrogen) atoms. The van der Waals surface area contributed by atoms with Gasteiger partial charge in [0.2, 0.25) is 0 Å². The minimum Gasteiger partial charge on any atom is -0.361 e. The van der Waals surface area contributed by atoms with Crippen molar-refractivity contribution in [2.24, 2.45) is 10.8 Å². The first kappa shape index (κ1) is 15.1. The van der Waals surface area contributed by atoms with Gasteiger partial charge in [-0.3, -0.25) is 0 Å². The van der Waals surface area contributed by atoms with Crippen molar-refractivity contribution in [2.75, 3.05) is 6.54 Å². The maximum Gasteiger partial charge on any atom is 0.394 e. The Morgan fingerprint density at radius 2 is 1.91 bits per heavy atom. The minimum atomic E-state index is -4.01. The number of rotatable bonds is 5. The lowest BCUT2D eigenvalue weighted by atomic mass is 9.35. The zero-order valence-corrected chi connectivity index (χ0v) is 13.1. The molecule has 1 atom stereocenters. The van der Waals surface area contributed by atoms with E-state index in [4.69, 9.17) is 0 Å². The lowest BCUT2D eigenvalue weighted by Crippen LogP contribution is -2.71. The molecule has 124 valence electrons. The van der Waals surface area contributed by atoms with E-state index in [0.717, 1.165) is 11.9 Å². The van der Waals surface area contributed by atoms with Crippen molar-refractivity contribution in [1.29, 1.82) is 0 Å². The van der Waals surface area contributed by atoms with Crippen LogP contribution in [0.3, 0.4) is 0 Å². The number of benzene rings is 1. The fourth-order valence-corrected chi connectivity index (χ4v) is 4.58. The summed E-state index contributed by atoms with van der Waals surface area (Å²) >= 11 is 0. The fraction of sp³-hybridized carbons (Fsp3) is 0.556. The summed E-state index contributed by atoms with van der Waals surface area (Å²) in [7, 11) is 0. The molecule has 3 aliphatic rings. The Kier molecular flexibility index (Phi) is 3.12. The van der Waals surface area contributed by atoms with Crippen molar-refractivity contribution in [3.05, 3.63) is 36.0 Å². The molecule has 2 N–H and O–H groups in total. The van der Waals surface area contributed by atoms with Crippen LogP contribution in [0, 0.1) is 10.8 Å². The van der Waals surface area contributed by atoms with Gasteiger partial charge in [-0.15, -0.1) is 0 Å². The van der Waals surface area contributed by atoms with Crippen LogP contribution < -0.4 is 5.32 Å². The second-order valence-electron chi connectivity index (χ2n) is 7.65. The SMILES string of the molecule is C[C@H](Cc1c[nH]c2ccccc12)NCC12CC(C(F)(F)F)(C1)C2. The number of aromatic nitrogens is 1. The summed E-state index contributed by atoms with van der Waals surface area (Å²) in [6, 6.07) is 8.43. The van der Waals surface area contributed by atoms with Gasteiger partial charge < -0.3 is 10.3 Å². The van der Waals surface area contributed by atoms with Crippen LogP contribution in [0.1, 0.15) is 31.7 Å². The molecule has 3 fully saturated rings. The molecule has 1 aromatic heterocycles. The topological polar surface area (TPSA) is 27.8 Å². The molecule has 5 heteroatoms. The van der Waals surface area contributed by atoms with Crippen LogP contribution in [-0.4, -0.2) is 23.7 Å². The normalized spacial score (nSPS) is 30.8. The number of alkyl halides is 3. The summed E-state index contributed by atoms with van der Waals surface area (Å²) in [4.78, 5) is 3.26. The van der Waals surface area contributed by atoms with Crippen LogP contribution >= 0.6 is 0 Å². The Hall–Kier alpha value is -1.49. The average Bonchev–Trinajstić information content (AvgIpc) is 2.77. The van der Waals surface area contributed by atoms with Crippen molar-refractivity contribution in [2.45, 2.75) is 44.8 Å². The molecular formula is C18H21F3N2. The number of aromatic amines is 1. The van der Waals surface area contributed by atoms with Crippen molar-refractivity contribution < 1.29 is 13.2 Å². The van der Waals surface area contributed by atoms with Crippen molar-refractivity contribution in [3.8, 4) is 0 Å². The molecule has 1 heterocycles. The van der Waals surface area contributed by atoms with Gasteiger partial charge in [-0.05, 0) is 49.7 Å². The third-order valence-electron chi connectivity index (χ3n) is 5.77. The molecule has 3 saturated carbocycles. The predicted molar refractivity (Wildman–Crippen MR) is 84.2 cm³/mol. The lowest BCUT2D eigenvalue weighted by Gasteiger charge is -2.71. The van der Waals surface area contributed by atoms with Gasteiger partial charge in [-0.25, -0.2) is 0 Å². The number of hydrogen-bond acceptors (Lipinski definition) is 1. The highest BCUT2D eigenvalue weighted by molar-refractivity contribution is 5.83. The summed E-state index contributed by atoms with van der Waals surface area (Å²) in [5.41, 5.74) is 0.949. The third-order valence-corrected chi connectivity index (χ3v) is 5.77. The monoisotopic (exact) mass is 322 g/mol. The van der Waals surface area contributed by atoms with E-state index in [1.165, 1.54) is 10.9 Å². The second-order valence-corrected chi connectivity index (χ2v) is 7.65. The summed E-state index contributed by atoms with van der Waals surface area (Å²) in [6.45, 7) is 2.81. The Bertz CT molecular complexity index is 711. The number of hydrogen-bond donors (Lipinski definition) is 2. The predicted octanol–water partition coefficient (Wildman–Crippen LogP) is 4.42. The molecule has 2 aromatic rings. The number of fused-ring (bicyclic) bond motifs is 1. The number of H-pyrrole nitrogens is 1. The molecule has 2 nitrogen and oxygen atoms in total. The molecule has 0 aliphatic heterocycles. The molecule has 1 aromatic carbocycles. The molecule has 2 bridgehead atoms. The molecule has 3 aliphatic carbocycles. The van der Waals surface area contributed by atoms with Crippen molar-refractivity contribution in [1.82, 2.24) is 10.3 Å². The second kappa shape index (κ2) is 4.76. The van der Waals surface area contributed by atoms with Crippen LogP contribution in [0.2, 0.25) is 0 Å². The van der Waals surface area contributed by atoms with Crippen LogP contribution in [-0.2, 0) is 6.42 Å². The van der Waals surface area contributed by atoms with Crippen LogP contribution in [0.5, 0.6) is 0 Å². The summed E-state index contributed by atoms with van der Waals surface area (Å²) in [5.74, 6) is 0. The van der Waals surface area contributed by atoms with Crippen molar-refractivity contribution in [3.63, 3.8) is 0 Å². The van der Waals surface area contributed by atoms with Crippen LogP contribution in [0.4, 0.5) is 13.2 Å². The number of nitrogens with one attached hydrogen (secondary N) is 2. The quantitative estimate of drug-likeness (QED) is 0.838. The van der Waals surface area contributed by atoms with Crippen LogP contribution in [0.25, 0.3) is 10.9 Å². The fourth-order valence-electron chi connectivity index (χ4n) is 4.58. The van der Waals surface area contributed by atoms with E-state index >= 15 is 0 Å².